The zero-order chi connectivity index (χ0) is 12.0. The van der Waals surface area contributed by atoms with Gasteiger partial charge in [0.05, 0.1) is 0 Å². The van der Waals surface area contributed by atoms with Gasteiger partial charge in [-0.15, -0.1) is 0 Å². The summed E-state index contributed by atoms with van der Waals surface area (Å²) in [4.78, 5) is 15.1. The van der Waals surface area contributed by atoms with Crippen LogP contribution in [0, 0.1) is 3.57 Å². The Bertz CT molecular complexity index is 340. The molecule has 0 amide bonds. The third-order valence-electron chi connectivity index (χ3n) is 2.19. The molecule has 4 nitrogen and oxygen atoms in total. The van der Waals surface area contributed by atoms with Gasteiger partial charge in [-0.3, -0.25) is 0 Å². The first kappa shape index (κ1) is 13.2. The number of pyridine rings is 1. The van der Waals surface area contributed by atoms with Crippen LogP contribution in [0.2, 0.25) is 0 Å². The van der Waals surface area contributed by atoms with E-state index in [4.69, 9.17) is 5.11 Å². The molecule has 0 aliphatic heterocycles. The predicted molar refractivity (Wildman–Crippen MR) is 71.5 cm³/mol. The monoisotopic (exact) mass is 334 g/mol. The Morgan fingerprint density at radius 2 is 2.38 bits per heavy atom. The van der Waals surface area contributed by atoms with Crippen molar-refractivity contribution in [2.45, 2.75) is 32.2 Å². The van der Waals surface area contributed by atoms with Gasteiger partial charge in [0.25, 0.3) is 0 Å². The fourth-order valence-corrected chi connectivity index (χ4v) is 1.62. The van der Waals surface area contributed by atoms with Crippen molar-refractivity contribution in [3.05, 3.63) is 21.9 Å². The van der Waals surface area contributed by atoms with Gasteiger partial charge in [0.1, 0.15) is 11.9 Å². The van der Waals surface area contributed by atoms with Crippen molar-refractivity contribution in [3.8, 4) is 0 Å². The van der Waals surface area contributed by atoms with Gasteiger partial charge >= 0.3 is 5.97 Å². The van der Waals surface area contributed by atoms with E-state index < -0.39 is 12.0 Å². The second-order valence-corrected chi connectivity index (χ2v) is 4.78. The highest BCUT2D eigenvalue weighted by Crippen LogP contribution is 2.11. The molecule has 0 aromatic carbocycles. The van der Waals surface area contributed by atoms with Gasteiger partial charge in [0.15, 0.2) is 0 Å². The molecule has 0 radical (unpaired) electrons. The molecule has 1 heterocycles. The summed E-state index contributed by atoms with van der Waals surface area (Å²) in [5.41, 5.74) is 0. The number of carbonyl (C=O) groups is 1. The highest BCUT2D eigenvalue weighted by atomic mass is 127. The van der Waals surface area contributed by atoms with Crippen LogP contribution >= 0.6 is 22.6 Å². The molecule has 1 rings (SSSR count). The topological polar surface area (TPSA) is 62.2 Å². The molecule has 88 valence electrons. The summed E-state index contributed by atoms with van der Waals surface area (Å²) >= 11 is 2.16. The summed E-state index contributed by atoms with van der Waals surface area (Å²) in [5, 5.41) is 12.0. The number of hydrogen-bond donors (Lipinski definition) is 2. The molecule has 0 aliphatic rings. The van der Waals surface area contributed by atoms with E-state index >= 15 is 0 Å². The Kier molecular flexibility index (Phi) is 5.51. The minimum absolute atomic E-state index is 0.549. The third kappa shape index (κ3) is 4.34. The van der Waals surface area contributed by atoms with E-state index in [-0.39, 0.29) is 0 Å². The maximum atomic E-state index is 11.0. The van der Waals surface area contributed by atoms with Crippen LogP contribution in [-0.2, 0) is 4.79 Å². The molecular weight excluding hydrogens is 319 g/mol. The minimum atomic E-state index is -0.825. The molecule has 0 unspecified atom stereocenters. The Morgan fingerprint density at radius 1 is 1.62 bits per heavy atom. The van der Waals surface area contributed by atoms with E-state index in [1.54, 1.807) is 12.3 Å². The molecule has 2 N–H and O–H groups in total. The number of nitrogens with one attached hydrogen (secondary N) is 1. The zero-order valence-corrected chi connectivity index (χ0v) is 11.3. The number of halogens is 1. The first-order chi connectivity index (χ1) is 7.63. The summed E-state index contributed by atoms with van der Waals surface area (Å²) in [7, 11) is 0. The minimum Gasteiger partial charge on any atom is -0.480 e. The fourth-order valence-electron chi connectivity index (χ4n) is 1.31. The van der Waals surface area contributed by atoms with Gasteiger partial charge in [-0.25, -0.2) is 9.78 Å². The summed E-state index contributed by atoms with van der Waals surface area (Å²) in [6, 6.07) is 3.14. The van der Waals surface area contributed by atoms with Gasteiger partial charge in [-0.2, -0.15) is 0 Å². The number of anilines is 1. The molecule has 16 heavy (non-hydrogen) atoms. The number of nitrogens with zero attached hydrogens (tertiary/aromatic N) is 1. The molecule has 1 aromatic rings. The predicted octanol–water partition coefficient (Wildman–Crippen LogP) is 2.74. The zero-order valence-electron chi connectivity index (χ0n) is 9.11. The van der Waals surface area contributed by atoms with Crippen LogP contribution in [0.3, 0.4) is 0 Å². The van der Waals surface area contributed by atoms with Gasteiger partial charge in [-0.1, -0.05) is 19.8 Å². The maximum Gasteiger partial charge on any atom is 0.326 e. The van der Waals surface area contributed by atoms with Crippen molar-refractivity contribution in [2.75, 3.05) is 5.32 Å². The van der Waals surface area contributed by atoms with E-state index in [9.17, 15) is 4.79 Å². The number of carboxylic acids is 1. The Hall–Kier alpha value is -0.850. The summed E-state index contributed by atoms with van der Waals surface area (Å²) in [6.45, 7) is 2.04. The summed E-state index contributed by atoms with van der Waals surface area (Å²) in [6.07, 6.45) is 4.22. The molecule has 0 saturated heterocycles. The third-order valence-corrected chi connectivity index (χ3v) is 2.83. The Morgan fingerprint density at radius 3 is 2.88 bits per heavy atom. The average molecular weight is 334 g/mol. The normalized spacial score (nSPS) is 12.1. The lowest BCUT2D eigenvalue weighted by atomic mass is 10.1. The molecule has 1 atom stereocenters. The van der Waals surface area contributed by atoms with E-state index in [0.717, 1.165) is 16.4 Å². The van der Waals surface area contributed by atoms with Crippen LogP contribution < -0.4 is 5.32 Å². The highest BCUT2D eigenvalue weighted by Gasteiger charge is 2.16. The van der Waals surface area contributed by atoms with Crippen LogP contribution in [0.1, 0.15) is 26.2 Å². The first-order valence-corrected chi connectivity index (χ1v) is 6.32. The van der Waals surface area contributed by atoms with E-state index in [1.807, 2.05) is 13.0 Å². The standard InChI is InChI=1S/C11H15IN2O2/c1-2-3-4-9(11(15)16)14-10-6-5-8(12)7-13-10/h5-7,9H,2-4H2,1H3,(H,13,14)(H,15,16)/t9-/m0/s1. The quantitative estimate of drug-likeness (QED) is 0.786. The van der Waals surface area contributed by atoms with Gasteiger partial charge in [0.2, 0.25) is 0 Å². The van der Waals surface area contributed by atoms with Crippen molar-refractivity contribution < 1.29 is 9.90 Å². The van der Waals surface area contributed by atoms with Gasteiger partial charge in [0, 0.05) is 9.77 Å². The van der Waals surface area contributed by atoms with Crippen LogP contribution in [0.25, 0.3) is 0 Å². The smallest absolute Gasteiger partial charge is 0.326 e. The maximum absolute atomic E-state index is 11.0. The molecular formula is C11H15IN2O2. The lowest BCUT2D eigenvalue weighted by molar-refractivity contribution is -0.138. The number of hydrogen-bond acceptors (Lipinski definition) is 3. The van der Waals surface area contributed by atoms with Crippen molar-refractivity contribution >= 4 is 34.4 Å². The molecule has 1 aromatic heterocycles. The van der Waals surface area contributed by atoms with E-state index in [0.29, 0.717) is 12.2 Å². The number of aromatic nitrogens is 1. The second-order valence-electron chi connectivity index (χ2n) is 3.54. The molecule has 5 heteroatoms. The van der Waals surface area contributed by atoms with Crippen LogP contribution in [0.5, 0.6) is 0 Å². The molecule has 0 aliphatic carbocycles. The van der Waals surface area contributed by atoms with Crippen LogP contribution in [0.4, 0.5) is 5.82 Å². The Balaban J connectivity index is 2.60. The number of aliphatic carboxylic acids is 1. The van der Waals surface area contributed by atoms with E-state index in [2.05, 4.69) is 32.9 Å². The second kappa shape index (κ2) is 6.67. The SMILES string of the molecule is CCCC[C@H](Nc1ccc(I)cn1)C(=O)O. The van der Waals surface area contributed by atoms with Crippen LogP contribution in [-0.4, -0.2) is 22.1 Å². The first-order valence-electron chi connectivity index (χ1n) is 5.24. The average Bonchev–Trinajstić information content (AvgIpc) is 2.26. The van der Waals surface area contributed by atoms with Crippen molar-refractivity contribution in [2.24, 2.45) is 0 Å². The van der Waals surface area contributed by atoms with Crippen molar-refractivity contribution in [3.63, 3.8) is 0 Å². The molecule has 0 bridgehead atoms. The van der Waals surface area contributed by atoms with Gasteiger partial charge in [-0.05, 0) is 41.1 Å². The van der Waals surface area contributed by atoms with Crippen molar-refractivity contribution in [1.29, 1.82) is 0 Å². The van der Waals surface area contributed by atoms with Crippen LogP contribution in [0.15, 0.2) is 18.3 Å². The molecule has 0 fully saturated rings. The largest absolute Gasteiger partial charge is 0.480 e. The highest BCUT2D eigenvalue weighted by molar-refractivity contribution is 14.1. The van der Waals surface area contributed by atoms with E-state index in [1.165, 1.54) is 0 Å². The lowest BCUT2D eigenvalue weighted by Gasteiger charge is -2.14. The Labute approximate surface area is 109 Å². The van der Waals surface area contributed by atoms with Crippen molar-refractivity contribution in [1.82, 2.24) is 4.98 Å². The number of rotatable bonds is 6. The summed E-state index contributed by atoms with van der Waals surface area (Å²) < 4.78 is 1.03. The fraction of sp³-hybridized carbons (Fsp3) is 0.455. The lowest BCUT2D eigenvalue weighted by Crippen LogP contribution is -2.29. The van der Waals surface area contributed by atoms with Gasteiger partial charge < -0.3 is 10.4 Å². The molecule has 0 spiro atoms. The number of unbranched alkanes of at least 4 members (excludes halogenated alkanes) is 1. The molecule has 0 saturated carbocycles. The number of carboxylic acid groups (broad SMARTS) is 1. The summed E-state index contributed by atoms with van der Waals surface area (Å²) in [5.74, 6) is -0.210.